The molecule has 82 valence electrons. The number of hydrogen-bond donors (Lipinski definition) is 6. The van der Waals surface area contributed by atoms with Gasteiger partial charge in [0, 0.05) is 5.03 Å². The second-order valence-electron chi connectivity index (χ2n) is 3.02. The molecule has 1 rings (SSSR count). The van der Waals surface area contributed by atoms with Crippen LogP contribution >= 0.6 is 23.2 Å². The fourth-order valence-electron chi connectivity index (χ4n) is 1.01. The van der Waals surface area contributed by atoms with Crippen LogP contribution < -0.4 is 0 Å². The Bertz CT molecular complexity index is 284. The Labute approximate surface area is 88.2 Å². The van der Waals surface area contributed by atoms with Crippen LogP contribution in [0.25, 0.3) is 0 Å². The van der Waals surface area contributed by atoms with Crippen LogP contribution in [-0.4, -0.2) is 53.4 Å². The molecule has 14 heavy (non-hydrogen) atoms. The van der Waals surface area contributed by atoms with Crippen molar-refractivity contribution in [3.05, 3.63) is 11.1 Å². The molecule has 0 heterocycles. The van der Waals surface area contributed by atoms with Crippen molar-refractivity contribution in [3.8, 4) is 0 Å². The van der Waals surface area contributed by atoms with Gasteiger partial charge in [-0.3, -0.25) is 0 Å². The van der Waals surface area contributed by atoms with E-state index < -0.39 is 27.8 Å². The second kappa shape index (κ2) is 3.03. The second-order valence-corrected chi connectivity index (χ2v) is 3.89. The van der Waals surface area contributed by atoms with E-state index in [0.717, 1.165) is 0 Å². The van der Waals surface area contributed by atoms with Gasteiger partial charge < -0.3 is 30.6 Å². The van der Waals surface area contributed by atoms with Gasteiger partial charge in [0.15, 0.2) is 0 Å². The number of rotatable bonds is 0. The molecular weight excluding hydrogens is 239 g/mol. The molecule has 1 aliphatic carbocycles. The average Bonchev–Trinajstić information content (AvgIpc) is 1.99. The lowest BCUT2D eigenvalue weighted by Crippen LogP contribution is -2.73. The summed E-state index contributed by atoms with van der Waals surface area (Å²) in [6.07, 6.45) is 0.400. The van der Waals surface area contributed by atoms with Crippen molar-refractivity contribution < 1.29 is 30.6 Å². The van der Waals surface area contributed by atoms with Crippen molar-refractivity contribution in [2.75, 3.05) is 0 Å². The SMILES string of the molecule is OC1(O)C=C(Cl)C(Cl)C(O)(O)C1(O)O. The van der Waals surface area contributed by atoms with E-state index in [-0.39, 0.29) is 0 Å². The summed E-state index contributed by atoms with van der Waals surface area (Å²) in [7, 11) is 0. The molecule has 0 aliphatic heterocycles. The van der Waals surface area contributed by atoms with Gasteiger partial charge in [-0.05, 0) is 6.08 Å². The van der Waals surface area contributed by atoms with E-state index in [9.17, 15) is 0 Å². The lowest BCUT2D eigenvalue weighted by molar-refractivity contribution is -0.440. The van der Waals surface area contributed by atoms with Gasteiger partial charge in [0.05, 0.1) is 0 Å². The minimum atomic E-state index is -3.65. The van der Waals surface area contributed by atoms with Crippen LogP contribution in [0.3, 0.4) is 0 Å². The summed E-state index contributed by atoms with van der Waals surface area (Å²) in [5, 5.41) is 52.3. The summed E-state index contributed by atoms with van der Waals surface area (Å²) >= 11 is 10.7. The van der Waals surface area contributed by atoms with E-state index in [2.05, 4.69) is 0 Å². The fourth-order valence-corrected chi connectivity index (χ4v) is 1.53. The molecule has 0 aromatic carbocycles. The van der Waals surface area contributed by atoms with E-state index in [1.165, 1.54) is 0 Å². The van der Waals surface area contributed by atoms with Crippen LogP contribution in [0, 0.1) is 0 Å². The highest BCUT2D eigenvalue weighted by Crippen LogP contribution is 2.42. The average molecular weight is 247 g/mol. The molecular formula is C6H8Cl2O6. The zero-order valence-electron chi connectivity index (χ0n) is 6.59. The molecule has 1 aliphatic rings. The Morgan fingerprint density at radius 3 is 1.93 bits per heavy atom. The predicted molar refractivity (Wildman–Crippen MR) is 45.1 cm³/mol. The molecule has 0 fully saturated rings. The maximum atomic E-state index is 9.16. The van der Waals surface area contributed by atoms with Gasteiger partial charge in [-0.15, -0.1) is 11.6 Å². The van der Waals surface area contributed by atoms with Crippen LogP contribution in [0.4, 0.5) is 0 Å². The highest BCUT2D eigenvalue weighted by atomic mass is 35.5. The first-order valence-electron chi connectivity index (χ1n) is 3.40. The van der Waals surface area contributed by atoms with Crippen molar-refractivity contribution in [2.24, 2.45) is 0 Å². The van der Waals surface area contributed by atoms with Gasteiger partial charge >= 0.3 is 0 Å². The van der Waals surface area contributed by atoms with E-state index in [1.54, 1.807) is 0 Å². The van der Waals surface area contributed by atoms with Crippen molar-refractivity contribution in [1.29, 1.82) is 0 Å². The molecule has 0 spiro atoms. The summed E-state index contributed by atoms with van der Waals surface area (Å²) < 4.78 is 0. The highest BCUT2D eigenvalue weighted by molar-refractivity contribution is 6.38. The molecule has 0 aromatic rings. The van der Waals surface area contributed by atoms with Crippen LogP contribution in [0.15, 0.2) is 11.1 Å². The van der Waals surface area contributed by atoms with Crippen LogP contribution in [0.2, 0.25) is 0 Å². The zero-order chi connectivity index (χ0) is 11.4. The predicted octanol–water partition coefficient (Wildman–Crippen LogP) is -2.23. The molecule has 0 saturated carbocycles. The summed E-state index contributed by atoms with van der Waals surface area (Å²) in [5.41, 5.74) is 0. The maximum absolute atomic E-state index is 9.16. The Hall–Kier alpha value is 0.0800. The van der Waals surface area contributed by atoms with Gasteiger partial charge in [0.25, 0.3) is 5.79 Å². The topological polar surface area (TPSA) is 121 Å². The third-order valence-corrected chi connectivity index (χ3v) is 2.94. The molecule has 1 atom stereocenters. The Kier molecular flexibility index (Phi) is 2.63. The summed E-state index contributed by atoms with van der Waals surface area (Å²) in [5.74, 6) is -10.3. The van der Waals surface area contributed by atoms with Crippen molar-refractivity contribution in [2.45, 2.75) is 22.7 Å². The molecule has 0 saturated heterocycles. The summed E-state index contributed by atoms with van der Waals surface area (Å²) in [6, 6.07) is 0. The van der Waals surface area contributed by atoms with E-state index in [4.69, 9.17) is 53.8 Å². The summed E-state index contributed by atoms with van der Waals surface area (Å²) in [4.78, 5) is 0. The van der Waals surface area contributed by atoms with E-state index in [0.29, 0.717) is 6.08 Å². The van der Waals surface area contributed by atoms with Crippen LogP contribution in [0.5, 0.6) is 0 Å². The molecule has 0 bridgehead atoms. The molecule has 0 aromatic heterocycles. The van der Waals surface area contributed by atoms with Crippen LogP contribution in [0.1, 0.15) is 0 Å². The van der Waals surface area contributed by atoms with Gasteiger partial charge in [0.1, 0.15) is 5.38 Å². The fraction of sp³-hybridized carbons (Fsp3) is 0.667. The minimum Gasteiger partial charge on any atom is -0.360 e. The monoisotopic (exact) mass is 246 g/mol. The largest absolute Gasteiger partial charge is 0.360 e. The van der Waals surface area contributed by atoms with E-state index in [1.807, 2.05) is 0 Å². The Morgan fingerprint density at radius 1 is 1.07 bits per heavy atom. The lowest BCUT2D eigenvalue weighted by atomic mass is 9.87. The van der Waals surface area contributed by atoms with Crippen LogP contribution in [-0.2, 0) is 0 Å². The van der Waals surface area contributed by atoms with Crippen molar-refractivity contribution >= 4 is 23.2 Å². The van der Waals surface area contributed by atoms with Crippen molar-refractivity contribution in [3.63, 3.8) is 0 Å². The van der Waals surface area contributed by atoms with Crippen molar-refractivity contribution in [1.82, 2.24) is 0 Å². The molecule has 8 heteroatoms. The smallest absolute Gasteiger partial charge is 0.280 e. The minimum absolute atomic E-state index is 0.400. The lowest BCUT2D eigenvalue weighted by Gasteiger charge is -2.46. The van der Waals surface area contributed by atoms with Gasteiger partial charge in [0.2, 0.25) is 11.6 Å². The Morgan fingerprint density at radius 2 is 1.50 bits per heavy atom. The zero-order valence-corrected chi connectivity index (χ0v) is 8.11. The number of halogens is 2. The van der Waals surface area contributed by atoms with Gasteiger partial charge in [-0.1, -0.05) is 11.6 Å². The number of hydrogen-bond acceptors (Lipinski definition) is 6. The third kappa shape index (κ3) is 1.36. The maximum Gasteiger partial charge on any atom is 0.280 e. The molecule has 6 nitrogen and oxygen atoms in total. The third-order valence-electron chi connectivity index (χ3n) is 1.96. The Balaban J connectivity index is 3.34. The molecule has 0 amide bonds. The first-order chi connectivity index (χ1) is 6.04. The quantitative estimate of drug-likeness (QED) is 0.213. The molecule has 6 N–H and O–H groups in total. The van der Waals surface area contributed by atoms with Gasteiger partial charge in [-0.2, -0.15) is 0 Å². The van der Waals surface area contributed by atoms with E-state index >= 15 is 0 Å². The number of alkyl halides is 1. The normalized spacial score (nSPS) is 33.7. The summed E-state index contributed by atoms with van der Waals surface area (Å²) in [6.45, 7) is 0. The molecule has 0 radical (unpaired) electrons. The van der Waals surface area contributed by atoms with Gasteiger partial charge in [-0.25, -0.2) is 0 Å². The standard InChI is InChI=1S/C6H8Cl2O6/c7-2-1-4(9,10)6(13,14)5(11,12)3(2)8/h1,3,9-14H. The number of aliphatic hydroxyl groups is 6. The molecule has 1 unspecified atom stereocenters. The highest BCUT2D eigenvalue weighted by Gasteiger charge is 2.67. The first kappa shape index (κ1) is 12.2. The first-order valence-corrected chi connectivity index (χ1v) is 4.22.